The molecule has 2 aromatic rings. The van der Waals surface area contributed by atoms with Crippen molar-refractivity contribution in [3.8, 4) is 0 Å². The molecule has 1 saturated heterocycles. The molecule has 0 atom stereocenters. The minimum absolute atomic E-state index is 0.0282. The Morgan fingerprint density at radius 2 is 1.50 bits per heavy atom. The Hall–Kier alpha value is -2.86. The molecule has 0 spiro atoms. The van der Waals surface area contributed by atoms with Gasteiger partial charge in [-0.05, 0) is 61.4 Å². The van der Waals surface area contributed by atoms with E-state index in [4.69, 9.17) is 11.6 Å². The van der Waals surface area contributed by atoms with Crippen LogP contribution in [0.3, 0.4) is 0 Å². The lowest BCUT2D eigenvalue weighted by atomic mass is 9.95. The first-order chi connectivity index (χ1) is 13.5. The van der Waals surface area contributed by atoms with Crippen molar-refractivity contribution in [2.45, 2.75) is 12.8 Å². The number of hydrogen-bond acceptors (Lipinski definition) is 3. The molecule has 7 heteroatoms. The van der Waals surface area contributed by atoms with Crippen LogP contribution in [0.4, 0.5) is 5.69 Å². The maximum atomic E-state index is 12.7. The van der Waals surface area contributed by atoms with Crippen LogP contribution in [-0.4, -0.2) is 42.8 Å². The van der Waals surface area contributed by atoms with E-state index in [1.54, 1.807) is 60.5 Å². The first-order valence-electron chi connectivity index (χ1n) is 9.16. The molecule has 0 saturated carbocycles. The topological polar surface area (TPSA) is 78.5 Å². The Morgan fingerprint density at radius 1 is 0.929 bits per heavy atom. The van der Waals surface area contributed by atoms with Crippen LogP contribution in [0, 0.1) is 5.92 Å². The number of hydrogen-bond donors (Lipinski definition) is 2. The molecule has 1 aliphatic rings. The van der Waals surface area contributed by atoms with E-state index in [1.807, 2.05) is 0 Å². The molecule has 0 unspecified atom stereocenters. The molecule has 2 N–H and O–H groups in total. The predicted molar refractivity (Wildman–Crippen MR) is 109 cm³/mol. The van der Waals surface area contributed by atoms with E-state index >= 15 is 0 Å². The summed E-state index contributed by atoms with van der Waals surface area (Å²) in [6, 6.07) is 13.4. The van der Waals surface area contributed by atoms with Crippen LogP contribution in [-0.2, 0) is 4.79 Å². The van der Waals surface area contributed by atoms with Crippen molar-refractivity contribution in [2.75, 3.05) is 25.5 Å². The van der Waals surface area contributed by atoms with Crippen molar-refractivity contribution in [1.29, 1.82) is 0 Å². The van der Waals surface area contributed by atoms with E-state index in [0.29, 0.717) is 47.8 Å². The van der Waals surface area contributed by atoms with Crippen molar-refractivity contribution in [1.82, 2.24) is 10.2 Å². The van der Waals surface area contributed by atoms with Gasteiger partial charge in [0.1, 0.15) is 0 Å². The van der Waals surface area contributed by atoms with Crippen LogP contribution >= 0.6 is 11.6 Å². The van der Waals surface area contributed by atoms with E-state index in [0.717, 1.165) is 0 Å². The Bertz CT molecular complexity index is 857. The highest BCUT2D eigenvalue weighted by molar-refractivity contribution is 6.30. The number of halogens is 1. The second kappa shape index (κ2) is 8.89. The SMILES string of the molecule is CNC(=O)C1CCN(C(=O)c2ccc(NC(=O)c3ccc(Cl)cc3)cc2)CC1. The zero-order valence-corrected chi connectivity index (χ0v) is 16.3. The quantitative estimate of drug-likeness (QED) is 0.828. The average molecular weight is 400 g/mol. The fraction of sp³-hybridized carbons (Fsp3) is 0.286. The minimum atomic E-state index is -0.244. The highest BCUT2D eigenvalue weighted by atomic mass is 35.5. The molecule has 146 valence electrons. The van der Waals surface area contributed by atoms with E-state index < -0.39 is 0 Å². The van der Waals surface area contributed by atoms with E-state index in [2.05, 4.69) is 10.6 Å². The molecule has 0 aliphatic carbocycles. The smallest absolute Gasteiger partial charge is 0.255 e. The third-order valence-corrected chi connectivity index (χ3v) is 5.15. The molecule has 28 heavy (non-hydrogen) atoms. The molecule has 0 bridgehead atoms. The van der Waals surface area contributed by atoms with Crippen molar-refractivity contribution in [2.24, 2.45) is 5.92 Å². The molecule has 2 aromatic carbocycles. The van der Waals surface area contributed by atoms with Crippen molar-refractivity contribution in [3.05, 3.63) is 64.7 Å². The predicted octanol–water partition coefficient (Wildman–Crippen LogP) is 3.19. The van der Waals surface area contributed by atoms with Gasteiger partial charge in [0.15, 0.2) is 0 Å². The Balaban J connectivity index is 1.58. The third-order valence-electron chi connectivity index (χ3n) is 4.90. The lowest BCUT2D eigenvalue weighted by molar-refractivity contribution is -0.125. The molecule has 1 heterocycles. The monoisotopic (exact) mass is 399 g/mol. The summed E-state index contributed by atoms with van der Waals surface area (Å²) in [4.78, 5) is 38.4. The van der Waals surface area contributed by atoms with Gasteiger partial charge in [-0.25, -0.2) is 0 Å². The summed E-state index contributed by atoms with van der Waals surface area (Å²) in [5.74, 6) is -0.301. The van der Waals surface area contributed by atoms with E-state index in [9.17, 15) is 14.4 Å². The molecular formula is C21H22ClN3O3. The van der Waals surface area contributed by atoms with Crippen molar-refractivity contribution < 1.29 is 14.4 Å². The van der Waals surface area contributed by atoms with Crippen LogP contribution in [0.5, 0.6) is 0 Å². The summed E-state index contributed by atoms with van der Waals surface area (Å²) in [5, 5.41) is 6.03. The van der Waals surface area contributed by atoms with Gasteiger partial charge in [0.2, 0.25) is 5.91 Å². The van der Waals surface area contributed by atoms with Crippen LogP contribution in [0.2, 0.25) is 5.02 Å². The number of carbonyl (C=O) groups excluding carboxylic acids is 3. The van der Waals surface area contributed by atoms with Crippen LogP contribution in [0.15, 0.2) is 48.5 Å². The first kappa shape index (κ1) is 19.9. The lowest BCUT2D eigenvalue weighted by Crippen LogP contribution is -2.42. The summed E-state index contributed by atoms with van der Waals surface area (Å²) in [6.07, 6.45) is 1.33. The average Bonchev–Trinajstić information content (AvgIpc) is 2.73. The highest BCUT2D eigenvalue weighted by Crippen LogP contribution is 2.20. The molecular weight excluding hydrogens is 378 g/mol. The van der Waals surface area contributed by atoms with Crippen LogP contribution < -0.4 is 10.6 Å². The van der Waals surface area contributed by atoms with Gasteiger partial charge in [-0.15, -0.1) is 0 Å². The van der Waals surface area contributed by atoms with Gasteiger partial charge < -0.3 is 15.5 Å². The fourth-order valence-corrected chi connectivity index (χ4v) is 3.36. The normalized spacial score (nSPS) is 14.4. The zero-order chi connectivity index (χ0) is 20.1. The van der Waals surface area contributed by atoms with Crippen LogP contribution in [0.25, 0.3) is 0 Å². The van der Waals surface area contributed by atoms with Gasteiger partial charge in [0.25, 0.3) is 11.8 Å². The number of likely N-dealkylation sites (tertiary alicyclic amines) is 1. The second-order valence-corrected chi connectivity index (χ2v) is 7.16. The highest BCUT2D eigenvalue weighted by Gasteiger charge is 2.27. The second-order valence-electron chi connectivity index (χ2n) is 6.72. The van der Waals surface area contributed by atoms with Crippen molar-refractivity contribution >= 4 is 35.0 Å². The molecule has 0 aromatic heterocycles. The minimum Gasteiger partial charge on any atom is -0.359 e. The van der Waals surface area contributed by atoms with Gasteiger partial charge in [0.05, 0.1) is 0 Å². The van der Waals surface area contributed by atoms with Gasteiger partial charge in [-0.1, -0.05) is 11.6 Å². The molecule has 1 fully saturated rings. The van der Waals surface area contributed by atoms with E-state index in [1.165, 1.54) is 0 Å². The maximum absolute atomic E-state index is 12.7. The number of nitrogens with one attached hydrogen (secondary N) is 2. The number of benzene rings is 2. The summed E-state index contributed by atoms with van der Waals surface area (Å²) in [5.41, 5.74) is 1.67. The van der Waals surface area contributed by atoms with Gasteiger partial charge in [-0.3, -0.25) is 14.4 Å². The summed E-state index contributed by atoms with van der Waals surface area (Å²) in [6.45, 7) is 1.12. The van der Waals surface area contributed by atoms with Crippen molar-refractivity contribution in [3.63, 3.8) is 0 Å². The first-order valence-corrected chi connectivity index (χ1v) is 9.53. The fourth-order valence-electron chi connectivity index (χ4n) is 3.23. The van der Waals surface area contributed by atoms with Gasteiger partial charge in [-0.2, -0.15) is 0 Å². The zero-order valence-electron chi connectivity index (χ0n) is 15.6. The standard InChI is InChI=1S/C21H22ClN3O3/c1-23-19(26)15-10-12-25(13-11-15)21(28)16-4-8-18(9-5-16)24-20(27)14-2-6-17(22)7-3-14/h2-9,15H,10-13H2,1H3,(H,23,26)(H,24,27). The molecule has 1 aliphatic heterocycles. The molecule has 3 rings (SSSR count). The Kier molecular flexibility index (Phi) is 6.31. The summed E-state index contributed by atoms with van der Waals surface area (Å²) < 4.78 is 0. The summed E-state index contributed by atoms with van der Waals surface area (Å²) in [7, 11) is 1.63. The Labute approximate surface area is 168 Å². The van der Waals surface area contributed by atoms with Crippen LogP contribution in [0.1, 0.15) is 33.6 Å². The number of anilines is 1. The van der Waals surface area contributed by atoms with E-state index in [-0.39, 0.29) is 23.6 Å². The van der Waals surface area contributed by atoms with Gasteiger partial charge in [0, 0.05) is 47.9 Å². The molecule has 0 radical (unpaired) electrons. The number of amides is 3. The largest absolute Gasteiger partial charge is 0.359 e. The number of nitrogens with zero attached hydrogens (tertiary/aromatic N) is 1. The number of rotatable bonds is 4. The third kappa shape index (κ3) is 4.70. The maximum Gasteiger partial charge on any atom is 0.255 e. The molecule has 3 amide bonds. The number of piperidine rings is 1. The summed E-state index contributed by atoms with van der Waals surface area (Å²) >= 11 is 5.83. The Morgan fingerprint density at radius 3 is 2.07 bits per heavy atom. The molecule has 6 nitrogen and oxygen atoms in total. The lowest BCUT2D eigenvalue weighted by Gasteiger charge is -2.31. The number of carbonyl (C=O) groups is 3. The van der Waals surface area contributed by atoms with Gasteiger partial charge >= 0.3 is 0 Å².